The zero-order chi connectivity index (χ0) is 9.97. The van der Waals surface area contributed by atoms with E-state index in [4.69, 9.17) is 16.0 Å². The normalized spacial score (nSPS) is 10.7. The molecular weight excluding hydrogens is 238 g/mol. The summed E-state index contributed by atoms with van der Waals surface area (Å²) in [4.78, 5) is 4.15. The second-order valence-electron chi connectivity index (χ2n) is 2.75. The van der Waals surface area contributed by atoms with Crippen LogP contribution in [-0.4, -0.2) is 4.98 Å². The number of rotatable bonds is 3. The molecule has 0 fully saturated rings. The molecule has 0 bridgehead atoms. The Labute approximate surface area is 95.3 Å². The number of thiazole rings is 1. The van der Waals surface area contributed by atoms with Gasteiger partial charge < -0.3 is 4.42 Å². The Balaban J connectivity index is 1.98. The van der Waals surface area contributed by atoms with E-state index in [2.05, 4.69) is 4.98 Å². The lowest BCUT2D eigenvalue weighted by atomic mass is 10.3. The largest absolute Gasteiger partial charge is 0.468 e. The van der Waals surface area contributed by atoms with Crippen molar-refractivity contribution in [2.75, 3.05) is 0 Å². The third-order valence-electron chi connectivity index (χ3n) is 1.75. The number of hydrogen-bond acceptors (Lipinski definition) is 4. The first-order valence-corrected chi connectivity index (χ1v) is 6.27. The van der Waals surface area contributed by atoms with E-state index in [1.807, 2.05) is 18.4 Å². The second-order valence-corrected chi connectivity index (χ2v) is 5.22. The van der Waals surface area contributed by atoms with Crippen molar-refractivity contribution < 1.29 is 4.42 Å². The molecule has 0 aliphatic heterocycles. The Kier molecular flexibility index (Phi) is 3.15. The van der Waals surface area contributed by atoms with Gasteiger partial charge in [0.25, 0.3) is 0 Å². The van der Waals surface area contributed by atoms with E-state index in [0.717, 1.165) is 15.9 Å². The molecule has 2 nitrogen and oxygen atoms in total. The number of thioether (sulfide) groups is 1. The van der Waals surface area contributed by atoms with Crippen molar-refractivity contribution >= 4 is 34.7 Å². The molecule has 0 radical (unpaired) electrons. The number of furan rings is 1. The fourth-order valence-corrected chi connectivity index (χ4v) is 3.01. The zero-order valence-electron chi connectivity index (χ0n) is 7.49. The van der Waals surface area contributed by atoms with Gasteiger partial charge in [0.1, 0.15) is 10.9 Å². The van der Waals surface area contributed by atoms with E-state index in [1.165, 1.54) is 5.56 Å². The number of halogens is 1. The molecule has 2 aromatic rings. The van der Waals surface area contributed by atoms with Gasteiger partial charge in [0.2, 0.25) is 0 Å². The van der Waals surface area contributed by atoms with Gasteiger partial charge in [0.15, 0.2) is 4.34 Å². The van der Waals surface area contributed by atoms with Crippen LogP contribution in [0.15, 0.2) is 26.5 Å². The first-order valence-electron chi connectivity index (χ1n) is 4.02. The van der Waals surface area contributed by atoms with Crippen LogP contribution in [-0.2, 0) is 5.75 Å². The van der Waals surface area contributed by atoms with Crippen molar-refractivity contribution in [2.24, 2.45) is 0 Å². The van der Waals surface area contributed by atoms with Crippen LogP contribution in [0.25, 0.3) is 0 Å². The zero-order valence-corrected chi connectivity index (χ0v) is 9.88. The van der Waals surface area contributed by atoms with Gasteiger partial charge in [-0.05, 0) is 18.6 Å². The highest BCUT2D eigenvalue weighted by Crippen LogP contribution is 2.28. The van der Waals surface area contributed by atoms with E-state index in [0.29, 0.717) is 5.15 Å². The van der Waals surface area contributed by atoms with E-state index >= 15 is 0 Å². The van der Waals surface area contributed by atoms with E-state index in [9.17, 15) is 0 Å². The summed E-state index contributed by atoms with van der Waals surface area (Å²) in [5.41, 5.74) is 1.18. The molecular formula is C9H8ClNOS2. The third kappa shape index (κ3) is 2.32. The standard InChI is InChI=1S/C9H8ClNOS2/c1-6-2-3-12-7(6)4-13-9-11-8(10)5-14-9/h2-3,5H,4H2,1H3. The van der Waals surface area contributed by atoms with Crippen molar-refractivity contribution in [1.29, 1.82) is 0 Å². The van der Waals surface area contributed by atoms with Gasteiger partial charge >= 0.3 is 0 Å². The van der Waals surface area contributed by atoms with Crippen LogP contribution in [0.2, 0.25) is 5.15 Å². The maximum Gasteiger partial charge on any atom is 0.152 e. The summed E-state index contributed by atoms with van der Waals surface area (Å²) in [5.74, 6) is 1.81. The summed E-state index contributed by atoms with van der Waals surface area (Å²) in [7, 11) is 0. The van der Waals surface area contributed by atoms with Crippen LogP contribution in [0.4, 0.5) is 0 Å². The lowest BCUT2D eigenvalue weighted by molar-refractivity contribution is 0.528. The molecule has 74 valence electrons. The third-order valence-corrected chi connectivity index (χ3v) is 4.09. The minimum atomic E-state index is 0.564. The number of hydrogen-bond donors (Lipinski definition) is 0. The van der Waals surface area contributed by atoms with Gasteiger partial charge in [-0.15, -0.1) is 11.3 Å². The van der Waals surface area contributed by atoms with Crippen LogP contribution in [0.1, 0.15) is 11.3 Å². The summed E-state index contributed by atoms with van der Waals surface area (Å²) in [6.45, 7) is 2.04. The number of aryl methyl sites for hydroxylation is 1. The molecule has 2 rings (SSSR count). The van der Waals surface area contributed by atoms with Crippen LogP contribution >= 0.6 is 34.7 Å². The van der Waals surface area contributed by atoms with Crippen LogP contribution in [0.3, 0.4) is 0 Å². The fourth-order valence-electron chi connectivity index (χ4n) is 0.984. The highest BCUT2D eigenvalue weighted by Gasteiger charge is 2.05. The van der Waals surface area contributed by atoms with Crippen molar-refractivity contribution in [3.63, 3.8) is 0 Å². The summed E-state index contributed by atoms with van der Waals surface area (Å²) in [5, 5.41) is 2.40. The summed E-state index contributed by atoms with van der Waals surface area (Å²) in [6.07, 6.45) is 1.71. The van der Waals surface area contributed by atoms with Crippen molar-refractivity contribution in [2.45, 2.75) is 17.0 Å². The van der Waals surface area contributed by atoms with Gasteiger partial charge in [0, 0.05) is 5.38 Å². The Morgan fingerprint density at radius 3 is 3.07 bits per heavy atom. The van der Waals surface area contributed by atoms with Gasteiger partial charge in [-0.3, -0.25) is 0 Å². The average Bonchev–Trinajstić information content (AvgIpc) is 2.72. The van der Waals surface area contributed by atoms with Crippen LogP contribution < -0.4 is 0 Å². The highest BCUT2D eigenvalue weighted by atomic mass is 35.5. The van der Waals surface area contributed by atoms with Gasteiger partial charge in [-0.2, -0.15) is 0 Å². The molecule has 5 heteroatoms. The average molecular weight is 246 g/mol. The topological polar surface area (TPSA) is 26.0 Å². The maximum atomic E-state index is 5.71. The monoisotopic (exact) mass is 245 g/mol. The Bertz CT molecular complexity index is 424. The minimum Gasteiger partial charge on any atom is -0.468 e. The van der Waals surface area contributed by atoms with E-state index in [-0.39, 0.29) is 0 Å². The molecule has 0 saturated heterocycles. The number of aromatic nitrogens is 1. The minimum absolute atomic E-state index is 0.564. The molecule has 0 aromatic carbocycles. The molecule has 0 amide bonds. The molecule has 2 aromatic heterocycles. The molecule has 0 spiro atoms. The SMILES string of the molecule is Cc1ccoc1CSc1nc(Cl)cs1. The summed E-state index contributed by atoms with van der Waals surface area (Å²) < 4.78 is 6.29. The molecule has 0 aliphatic carbocycles. The van der Waals surface area contributed by atoms with Gasteiger partial charge in [-0.25, -0.2) is 4.98 Å². The van der Waals surface area contributed by atoms with Crippen molar-refractivity contribution in [3.05, 3.63) is 34.2 Å². The highest BCUT2D eigenvalue weighted by molar-refractivity contribution is 8.00. The summed E-state index contributed by atoms with van der Waals surface area (Å²) >= 11 is 8.91. The van der Waals surface area contributed by atoms with Gasteiger partial charge in [-0.1, -0.05) is 23.4 Å². The predicted molar refractivity (Wildman–Crippen MR) is 60.1 cm³/mol. The smallest absolute Gasteiger partial charge is 0.152 e. The lowest BCUT2D eigenvalue weighted by Crippen LogP contribution is -1.79. The first kappa shape index (κ1) is 10.1. The Hall–Kier alpha value is -0.450. The van der Waals surface area contributed by atoms with Crippen molar-refractivity contribution in [3.8, 4) is 0 Å². The molecule has 0 aliphatic rings. The van der Waals surface area contributed by atoms with Gasteiger partial charge in [0.05, 0.1) is 12.0 Å². The molecule has 0 atom stereocenters. The van der Waals surface area contributed by atoms with E-state index in [1.54, 1.807) is 29.4 Å². The molecule has 0 N–H and O–H groups in total. The fraction of sp³-hybridized carbons (Fsp3) is 0.222. The van der Waals surface area contributed by atoms with Crippen LogP contribution in [0, 0.1) is 6.92 Å². The Morgan fingerprint density at radius 1 is 1.64 bits per heavy atom. The van der Waals surface area contributed by atoms with E-state index < -0.39 is 0 Å². The first-order chi connectivity index (χ1) is 6.75. The van der Waals surface area contributed by atoms with Crippen molar-refractivity contribution in [1.82, 2.24) is 4.98 Å². The molecule has 0 unspecified atom stereocenters. The molecule has 0 saturated carbocycles. The maximum absolute atomic E-state index is 5.71. The predicted octanol–water partition coefficient (Wildman–Crippen LogP) is 3.99. The second kappa shape index (κ2) is 4.38. The number of nitrogens with zero attached hydrogens (tertiary/aromatic N) is 1. The molecule has 14 heavy (non-hydrogen) atoms. The lowest BCUT2D eigenvalue weighted by Gasteiger charge is -1.95. The quantitative estimate of drug-likeness (QED) is 0.765. The van der Waals surface area contributed by atoms with Crippen LogP contribution in [0.5, 0.6) is 0 Å². The Morgan fingerprint density at radius 2 is 2.50 bits per heavy atom. The summed E-state index contributed by atoms with van der Waals surface area (Å²) in [6, 6.07) is 1.96. The molecule has 2 heterocycles.